The first-order valence-corrected chi connectivity index (χ1v) is 8.11. The molecule has 1 aromatic carbocycles. The number of ether oxygens (including phenoxy) is 1. The molecule has 0 amide bonds. The maximum Gasteiger partial charge on any atom is 0.490 e. The lowest BCUT2D eigenvalue weighted by atomic mass is 9.80. The zero-order valence-corrected chi connectivity index (χ0v) is 12.9. The molecule has 0 aliphatic carbocycles. The van der Waals surface area contributed by atoms with Gasteiger partial charge in [0.05, 0.1) is 12.0 Å². The fraction of sp³-hybridized carbons (Fsp3) is 0.0714. The summed E-state index contributed by atoms with van der Waals surface area (Å²) in [5.41, 5.74) is 0.205. The summed E-state index contributed by atoms with van der Waals surface area (Å²) in [7, 11) is -4.24. The van der Waals surface area contributed by atoms with Gasteiger partial charge >= 0.3 is 7.12 Å². The second-order valence-corrected chi connectivity index (χ2v) is 6.62. The number of benzene rings is 1. The van der Waals surface area contributed by atoms with Gasteiger partial charge < -0.3 is 14.8 Å². The molecule has 7 nitrogen and oxygen atoms in total. The Labute approximate surface area is 133 Å². The van der Waals surface area contributed by atoms with Gasteiger partial charge in [-0.1, -0.05) is 0 Å². The van der Waals surface area contributed by atoms with Crippen LogP contribution in [0, 0.1) is 0 Å². The Hall–Kier alpha value is -2.36. The molecule has 0 atom stereocenters. The molecule has 2 aromatic heterocycles. The van der Waals surface area contributed by atoms with Gasteiger partial charge in [-0.05, 0) is 36.4 Å². The van der Waals surface area contributed by atoms with Crippen LogP contribution in [0.2, 0.25) is 0 Å². The minimum absolute atomic E-state index is 0.0415. The lowest BCUT2D eigenvalue weighted by Gasteiger charge is -2.07. The fourth-order valence-electron chi connectivity index (χ4n) is 2.31. The number of pyridine rings is 1. The topological polar surface area (TPSA) is 102 Å². The van der Waals surface area contributed by atoms with Gasteiger partial charge in [0.25, 0.3) is 10.0 Å². The Morgan fingerprint density at radius 3 is 2.48 bits per heavy atom. The van der Waals surface area contributed by atoms with Gasteiger partial charge in [0.1, 0.15) is 5.75 Å². The average Bonchev–Trinajstić information content (AvgIpc) is 2.95. The van der Waals surface area contributed by atoms with Crippen molar-refractivity contribution in [1.29, 1.82) is 0 Å². The van der Waals surface area contributed by atoms with Crippen LogP contribution in [0.25, 0.3) is 11.0 Å². The van der Waals surface area contributed by atoms with E-state index < -0.39 is 17.1 Å². The van der Waals surface area contributed by atoms with Crippen molar-refractivity contribution in [2.24, 2.45) is 0 Å². The molecule has 0 fully saturated rings. The maximum atomic E-state index is 12.8. The average molecular weight is 332 g/mol. The highest BCUT2D eigenvalue weighted by Gasteiger charge is 2.26. The van der Waals surface area contributed by atoms with Crippen LogP contribution in [0.4, 0.5) is 0 Å². The van der Waals surface area contributed by atoms with Crippen LogP contribution in [0.5, 0.6) is 5.75 Å². The molecule has 0 aliphatic rings. The summed E-state index contributed by atoms with van der Waals surface area (Å²) in [6.45, 7) is 0. The van der Waals surface area contributed by atoms with Crippen LogP contribution in [0.15, 0.2) is 53.7 Å². The zero-order valence-electron chi connectivity index (χ0n) is 12.1. The molecule has 0 spiro atoms. The van der Waals surface area contributed by atoms with Gasteiger partial charge in [-0.2, -0.15) is 0 Å². The molecule has 3 rings (SSSR count). The zero-order chi connectivity index (χ0) is 16.6. The second-order valence-electron chi connectivity index (χ2n) is 4.81. The molecule has 2 heterocycles. The summed E-state index contributed by atoms with van der Waals surface area (Å²) in [5.74, 6) is 0.533. The lowest BCUT2D eigenvalue weighted by molar-refractivity contribution is 0.414. The molecule has 9 heteroatoms. The van der Waals surface area contributed by atoms with E-state index in [-0.39, 0.29) is 16.0 Å². The van der Waals surface area contributed by atoms with E-state index in [4.69, 9.17) is 4.74 Å². The molecule has 23 heavy (non-hydrogen) atoms. The number of fused-ring (bicyclic) bond motifs is 1. The highest BCUT2D eigenvalue weighted by Crippen LogP contribution is 2.21. The molecule has 0 radical (unpaired) electrons. The smallest absolute Gasteiger partial charge is 0.490 e. The Bertz CT molecular complexity index is 951. The third kappa shape index (κ3) is 2.58. The first-order valence-electron chi connectivity index (χ1n) is 6.67. The fourth-order valence-corrected chi connectivity index (χ4v) is 3.64. The first kappa shape index (κ1) is 15.5. The molecule has 0 unspecified atom stereocenters. The summed E-state index contributed by atoms with van der Waals surface area (Å²) in [5, 5.41) is 19.2. The highest BCUT2D eigenvalue weighted by molar-refractivity contribution is 7.90. The summed E-state index contributed by atoms with van der Waals surface area (Å²) < 4.78 is 31.6. The first-order chi connectivity index (χ1) is 10.9. The molecule has 0 bridgehead atoms. The van der Waals surface area contributed by atoms with Crippen molar-refractivity contribution in [1.82, 2.24) is 8.96 Å². The van der Waals surface area contributed by atoms with Gasteiger partial charge in [0.15, 0.2) is 5.65 Å². The van der Waals surface area contributed by atoms with E-state index in [1.807, 2.05) is 0 Å². The summed E-state index contributed by atoms with van der Waals surface area (Å²) in [6.07, 6.45) is 2.61. The largest absolute Gasteiger partial charge is 0.497 e. The quantitative estimate of drug-likeness (QED) is 0.650. The van der Waals surface area contributed by atoms with Gasteiger partial charge in [-0.25, -0.2) is 17.4 Å². The predicted molar refractivity (Wildman–Crippen MR) is 85.1 cm³/mol. The minimum atomic E-state index is -3.93. The van der Waals surface area contributed by atoms with Crippen molar-refractivity contribution in [3.05, 3.63) is 48.8 Å². The van der Waals surface area contributed by atoms with Gasteiger partial charge in [-0.15, -0.1) is 0 Å². The SMILES string of the molecule is COc1ccc(S(=O)(=O)n2cc(B(O)O)c3cccnc32)cc1. The number of aromatic nitrogens is 2. The van der Waals surface area contributed by atoms with Crippen LogP contribution >= 0.6 is 0 Å². The Morgan fingerprint density at radius 2 is 1.87 bits per heavy atom. The van der Waals surface area contributed by atoms with E-state index in [2.05, 4.69) is 4.98 Å². The van der Waals surface area contributed by atoms with Crippen LogP contribution in [0.3, 0.4) is 0 Å². The van der Waals surface area contributed by atoms with Crippen molar-refractivity contribution < 1.29 is 23.2 Å². The minimum Gasteiger partial charge on any atom is -0.497 e. The summed E-state index contributed by atoms with van der Waals surface area (Å²) >= 11 is 0. The Morgan fingerprint density at radius 1 is 1.17 bits per heavy atom. The van der Waals surface area contributed by atoms with E-state index in [0.717, 1.165) is 3.97 Å². The third-order valence-electron chi connectivity index (χ3n) is 3.46. The van der Waals surface area contributed by atoms with Crippen molar-refractivity contribution in [2.45, 2.75) is 4.90 Å². The van der Waals surface area contributed by atoms with Gasteiger partial charge in [0, 0.05) is 23.2 Å². The monoisotopic (exact) mass is 332 g/mol. The number of nitrogens with zero attached hydrogens (tertiary/aromatic N) is 2. The standard InChI is InChI=1S/C14H13BN2O5S/c1-22-10-4-6-11(7-5-10)23(20,21)17-9-13(15(18)19)12-3-2-8-16-14(12)17/h2-9,18-19H,1H3. The highest BCUT2D eigenvalue weighted by atomic mass is 32.2. The molecule has 0 saturated carbocycles. The molecular formula is C14H13BN2O5S. The van der Waals surface area contributed by atoms with Crippen molar-refractivity contribution in [3.8, 4) is 5.75 Å². The van der Waals surface area contributed by atoms with Crippen LogP contribution < -0.4 is 10.2 Å². The number of hydrogen-bond acceptors (Lipinski definition) is 6. The maximum absolute atomic E-state index is 12.8. The molecule has 0 saturated heterocycles. The van der Waals surface area contributed by atoms with Gasteiger partial charge in [-0.3, -0.25) is 0 Å². The third-order valence-corrected chi connectivity index (χ3v) is 5.12. The van der Waals surface area contributed by atoms with Crippen LogP contribution in [0.1, 0.15) is 0 Å². The summed E-state index contributed by atoms with van der Waals surface area (Å²) in [4.78, 5) is 4.09. The van der Waals surface area contributed by atoms with Crippen molar-refractivity contribution in [2.75, 3.05) is 7.11 Å². The van der Waals surface area contributed by atoms with E-state index in [1.54, 1.807) is 12.1 Å². The predicted octanol–water partition coefficient (Wildman–Crippen LogP) is -0.0383. The molecule has 2 N–H and O–H groups in total. The number of rotatable bonds is 4. The van der Waals surface area contributed by atoms with Crippen molar-refractivity contribution in [3.63, 3.8) is 0 Å². The van der Waals surface area contributed by atoms with Crippen LogP contribution in [-0.4, -0.2) is 41.7 Å². The Balaban J connectivity index is 2.22. The lowest BCUT2D eigenvalue weighted by Crippen LogP contribution is -2.29. The van der Waals surface area contributed by atoms with E-state index >= 15 is 0 Å². The second kappa shape index (κ2) is 5.69. The molecule has 3 aromatic rings. The van der Waals surface area contributed by atoms with Gasteiger partial charge in [0.2, 0.25) is 0 Å². The van der Waals surface area contributed by atoms with E-state index in [0.29, 0.717) is 11.1 Å². The summed E-state index contributed by atoms with van der Waals surface area (Å²) in [6, 6.07) is 9.08. The molecule has 0 aliphatic heterocycles. The van der Waals surface area contributed by atoms with Crippen molar-refractivity contribution >= 4 is 33.6 Å². The Kier molecular flexibility index (Phi) is 3.84. The van der Waals surface area contributed by atoms with Crippen LogP contribution in [-0.2, 0) is 10.0 Å². The van der Waals surface area contributed by atoms with E-state index in [1.165, 1.54) is 43.8 Å². The number of methoxy groups -OCH3 is 1. The van der Waals surface area contributed by atoms with E-state index in [9.17, 15) is 18.5 Å². The molecular weight excluding hydrogens is 319 g/mol. The molecule has 118 valence electrons. The normalized spacial score (nSPS) is 11.6. The number of hydrogen-bond donors (Lipinski definition) is 2.